The summed E-state index contributed by atoms with van der Waals surface area (Å²) in [4.78, 5) is 5.32. The smallest absolute Gasteiger partial charge is 0.243 e. The highest BCUT2D eigenvalue weighted by Gasteiger charge is 2.16. The third kappa shape index (κ3) is 2.48. The Labute approximate surface area is 98.5 Å². The molecule has 0 aliphatic carbocycles. The second-order valence-electron chi connectivity index (χ2n) is 4.17. The Hall–Kier alpha value is -1.20. The first-order chi connectivity index (χ1) is 7.66. The highest BCUT2D eigenvalue weighted by Crippen LogP contribution is 2.24. The quantitative estimate of drug-likeness (QED) is 0.888. The van der Waals surface area contributed by atoms with Crippen molar-refractivity contribution in [3.05, 3.63) is 23.4 Å². The number of hydrogen-bond acceptors (Lipinski definition) is 5. The minimum atomic E-state index is -0.166. The molecule has 1 atom stereocenters. The zero-order valence-electron chi connectivity index (χ0n) is 9.38. The van der Waals surface area contributed by atoms with E-state index in [-0.39, 0.29) is 6.04 Å². The number of thiophene rings is 1. The Balaban J connectivity index is 2.13. The van der Waals surface area contributed by atoms with Crippen LogP contribution in [0.3, 0.4) is 0 Å². The van der Waals surface area contributed by atoms with Gasteiger partial charge in [0.15, 0.2) is 0 Å². The summed E-state index contributed by atoms with van der Waals surface area (Å²) in [5.74, 6) is 1.67. The largest absolute Gasteiger partial charge is 0.337 e. The molecule has 0 spiro atoms. The molecule has 2 heterocycles. The second-order valence-corrected chi connectivity index (χ2v) is 5.12. The highest BCUT2D eigenvalue weighted by atomic mass is 32.1. The average molecular weight is 237 g/mol. The fourth-order valence-corrected chi connectivity index (χ4v) is 2.15. The van der Waals surface area contributed by atoms with Crippen LogP contribution in [-0.2, 0) is 0 Å². The molecule has 0 bridgehead atoms. The SMILES string of the molecule is CC(C)CC(N)c1nc(-c2cccs2)no1. The molecule has 0 aromatic carbocycles. The lowest BCUT2D eigenvalue weighted by Gasteiger charge is -2.08. The summed E-state index contributed by atoms with van der Waals surface area (Å²) >= 11 is 1.59. The van der Waals surface area contributed by atoms with Crippen LogP contribution in [0.5, 0.6) is 0 Å². The first-order valence-electron chi connectivity index (χ1n) is 5.30. The predicted molar refractivity (Wildman–Crippen MR) is 64.0 cm³/mol. The molecule has 2 rings (SSSR count). The van der Waals surface area contributed by atoms with Crippen LogP contribution in [0.1, 0.15) is 32.2 Å². The van der Waals surface area contributed by atoms with Crippen LogP contribution in [0.4, 0.5) is 0 Å². The molecule has 5 heteroatoms. The van der Waals surface area contributed by atoms with Gasteiger partial charge in [-0.2, -0.15) is 4.98 Å². The normalized spacial score (nSPS) is 13.2. The van der Waals surface area contributed by atoms with E-state index >= 15 is 0 Å². The first kappa shape index (κ1) is 11.3. The molecule has 86 valence electrons. The lowest BCUT2D eigenvalue weighted by molar-refractivity contribution is 0.335. The molecule has 1 unspecified atom stereocenters. The summed E-state index contributed by atoms with van der Waals surface area (Å²) in [6.07, 6.45) is 0.853. The molecular weight excluding hydrogens is 222 g/mol. The van der Waals surface area contributed by atoms with Gasteiger partial charge in [0.2, 0.25) is 11.7 Å². The zero-order chi connectivity index (χ0) is 11.5. The monoisotopic (exact) mass is 237 g/mol. The van der Waals surface area contributed by atoms with Gasteiger partial charge in [-0.1, -0.05) is 25.1 Å². The second kappa shape index (κ2) is 4.76. The first-order valence-corrected chi connectivity index (χ1v) is 6.18. The van der Waals surface area contributed by atoms with Crippen molar-refractivity contribution in [1.29, 1.82) is 0 Å². The summed E-state index contributed by atoms with van der Waals surface area (Å²) in [5, 5.41) is 5.92. The molecule has 2 aromatic heterocycles. The summed E-state index contributed by atoms with van der Waals surface area (Å²) < 4.78 is 5.17. The van der Waals surface area contributed by atoms with Gasteiger partial charge >= 0.3 is 0 Å². The van der Waals surface area contributed by atoms with Gasteiger partial charge in [0.05, 0.1) is 10.9 Å². The van der Waals surface area contributed by atoms with Crippen molar-refractivity contribution in [2.45, 2.75) is 26.3 Å². The standard InChI is InChI=1S/C11H15N3OS/c1-7(2)6-8(12)11-13-10(14-15-11)9-4-3-5-16-9/h3-5,7-8H,6,12H2,1-2H3. The molecule has 2 aromatic rings. The topological polar surface area (TPSA) is 64.9 Å². The summed E-state index contributed by atoms with van der Waals surface area (Å²) in [6.45, 7) is 4.24. The molecule has 0 saturated heterocycles. The number of nitrogens with two attached hydrogens (primary N) is 1. The molecule has 0 aliphatic rings. The lowest BCUT2D eigenvalue weighted by Crippen LogP contribution is -2.13. The van der Waals surface area contributed by atoms with Gasteiger partial charge in [0.1, 0.15) is 0 Å². The van der Waals surface area contributed by atoms with E-state index in [1.807, 2.05) is 17.5 Å². The summed E-state index contributed by atoms with van der Waals surface area (Å²) in [6, 6.07) is 3.76. The third-order valence-corrected chi connectivity index (χ3v) is 3.09. The Morgan fingerprint density at radius 1 is 1.50 bits per heavy atom. The minimum Gasteiger partial charge on any atom is -0.337 e. The summed E-state index contributed by atoms with van der Waals surface area (Å²) in [7, 11) is 0. The van der Waals surface area contributed by atoms with E-state index in [2.05, 4.69) is 24.0 Å². The maximum absolute atomic E-state index is 5.97. The molecular formula is C11H15N3OS. The Morgan fingerprint density at radius 3 is 2.94 bits per heavy atom. The Morgan fingerprint density at radius 2 is 2.31 bits per heavy atom. The van der Waals surface area contributed by atoms with Crippen molar-refractivity contribution in [2.75, 3.05) is 0 Å². The van der Waals surface area contributed by atoms with Gasteiger partial charge in [-0.3, -0.25) is 0 Å². The molecule has 2 N–H and O–H groups in total. The summed E-state index contributed by atoms with van der Waals surface area (Å²) in [5.41, 5.74) is 5.97. The van der Waals surface area contributed by atoms with Crippen LogP contribution in [0.15, 0.2) is 22.0 Å². The van der Waals surface area contributed by atoms with Gasteiger partial charge in [0.25, 0.3) is 0 Å². The van der Waals surface area contributed by atoms with E-state index in [1.165, 1.54) is 0 Å². The van der Waals surface area contributed by atoms with Crippen molar-refractivity contribution < 1.29 is 4.52 Å². The van der Waals surface area contributed by atoms with Crippen molar-refractivity contribution in [3.8, 4) is 10.7 Å². The fraction of sp³-hybridized carbons (Fsp3) is 0.455. The van der Waals surface area contributed by atoms with Gasteiger partial charge in [-0.05, 0) is 23.8 Å². The minimum absolute atomic E-state index is 0.166. The number of hydrogen-bond donors (Lipinski definition) is 1. The van der Waals surface area contributed by atoms with Crippen molar-refractivity contribution in [3.63, 3.8) is 0 Å². The molecule has 16 heavy (non-hydrogen) atoms. The lowest BCUT2D eigenvalue weighted by atomic mass is 10.0. The van der Waals surface area contributed by atoms with E-state index < -0.39 is 0 Å². The molecule has 0 radical (unpaired) electrons. The molecule has 0 amide bonds. The molecule has 0 saturated carbocycles. The van der Waals surface area contributed by atoms with Crippen LogP contribution in [0.25, 0.3) is 10.7 Å². The van der Waals surface area contributed by atoms with Crippen molar-refractivity contribution in [1.82, 2.24) is 10.1 Å². The van der Waals surface area contributed by atoms with E-state index in [0.717, 1.165) is 11.3 Å². The zero-order valence-corrected chi connectivity index (χ0v) is 10.2. The maximum atomic E-state index is 5.97. The van der Waals surface area contributed by atoms with Crippen molar-refractivity contribution >= 4 is 11.3 Å². The fourth-order valence-electron chi connectivity index (χ4n) is 1.50. The third-order valence-electron chi connectivity index (χ3n) is 2.23. The van der Waals surface area contributed by atoms with E-state index in [4.69, 9.17) is 10.3 Å². The van der Waals surface area contributed by atoms with Crippen LogP contribution in [-0.4, -0.2) is 10.1 Å². The van der Waals surface area contributed by atoms with Gasteiger partial charge < -0.3 is 10.3 Å². The highest BCUT2D eigenvalue weighted by molar-refractivity contribution is 7.13. The van der Waals surface area contributed by atoms with E-state index in [9.17, 15) is 0 Å². The van der Waals surface area contributed by atoms with Crippen LogP contribution in [0, 0.1) is 5.92 Å². The van der Waals surface area contributed by atoms with Gasteiger partial charge in [0, 0.05) is 0 Å². The van der Waals surface area contributed by atoms with Gasteiger partial charge in [-0.15, -0.1) is 11.3 Å². The van der Waals surface area contributed by atoms with Crippen LogP contribution < -0.4 is 5.73 Å². The van der Waals surface area contributed by atoms with Crippen molar-refractivity contribution in [2.24, 2.45) is 11.7 Å². The van der Waals surface area contributed by atoms with Crippen LogP contribution in [0.2, 0.25) is 0 Å². The Kier molecular flexibility index (Phi) is 3.36. The predicted octanol–water partition coefficient (Wildman–Crippen LogP) is 2.84. The Bertz CT molecular complexity index is 436. The van der Waals surface area contributed by atoms with Crippen LogP contribution >= 0.6 is 11.3 Å². The molecule has 4 nitrogen and oxygen atoms in total. The maximum Gasteiger partial charge on any atom is 0.243 e. The number of rotatable bonds is 4. The number of nitrogens with zero attached hydrogens (tertiary/aromatic N) is 2. The van der Waals surface area contributed by atoms with Gasteiger partial charge in [-0.25, -0.2) is 0 Å². The molecule has 0 fully saturated rings. The average Bonchev–Trinajstić information content (AvgIpc) is 2.87. The molecule has 0 aliphatic heterocycles. The van der Waals surface area contributed by atoms with E-state index in [0.29, 0.717) is 17.6 Å². The van der Waals surface area contributed by atoms with E-state index in [1.54, 1.807) is 11.3 Å². The number of aromatic nitrogens is 2.